The average Bonchev–Trinajstić information content (AvgIpc) is 3.17. The third-order valence-electron chi connectivity index (χ3n) is 4.45. The van der Waals surface area contributed by atoms with Gasteiger partial charge in [-0.05, 0) is 42.0 Å². The van der Waals surface area contributed by atoms with E-state index in [0.29, 0.717) is 18.7 Å². The number of benzene rings is 1. The van der Waals surface area contributed by atoms with Gasteiger partial charge in [0.2, 0.25) is 0 Å². The lowest BCUT2D eigenvalue weighted by molar-refractivity contribution is 0.0860. The summed E-state index contributed by atoms with van der Waals surface area (Å²) >= 11 is 0. The van der Waals surface area contributed by atoms with Gasteiger partial charge >= 0.3 is 0 Å². The normalized spacial score (nSPS) is 15.8. The van der Waals surface area contributed by atoms with Crippen LogP contribution in [0.4, 0.5) is 10.2 Å². The van der Waals surface area contributed by atoms with Gasteiger partial charge in [0.1, 0.15) is 12.4 Å². The van der Waals surface area contributed by atoms with Crippen LogP contribution in [-0.2, 0) is 17.9 Å². The van der Waals surface area contributed by atoms with E-state index in [4.69, 9.17) is 15.3 Å². The topological polar surface area (TPSA) is 82.6 Å². The molecule has 0 saturated heterocycles. The Bertz CT molecular complexity index is 995. The molecule has 7 heteroatoms. The van der Waals surface area contributed by atoms with Crippen LogP contribution in [0.2, 0.25) is 0 Å². The van der Waals surface area contributed by atoms with Crippen molar-refractivity contribution >= 4 is 11.5 Å². The third-order valence-corrected chi connectivity index (χ3v) is 4.45. The molecule has 2 aromatic heterocycles. The fourth-order valence-electron chi connectivity index (χ4n) is 3.04. The van der Waals surface area contributed by atoms with Crippen molar-refractivity contribution in [3.8, 4) is 5.75 Å². The lowest BCUT2D eigenvalue weighted by Gasteiger charge is -2.10. The van der Waals surface area contributed by atoms with Crippen LogP contribution in [0.15, 0.2) is 66.1 Å². The quantitative estimate of drug-likeness (QED) is 0.705. The summed E-state index contributed by atoms with van der Waals surface area (Å²) in [6.07, 6.45) is 4.14. The molecule has 1 aliphatic rings. The second kappa shape index (κ2) is 8.04. The van der Waals surface area contributed by atoms with Crippen molar-refractivity contribution in [2.45, 2.75) is 25.6 Å². The Kier molecular flexibility index (Phi) is 5.14. The van der Waals surface area contributed by atoms with Gasteiger partial charge in [0, 0.05) is 30.8 Å². The van der Waals surface area contributed by atoms with Crippen molar-refractivity contribution in [2.24, 2.45) is 5.16 Å². The number of anilines is 1. The van der Waals surface area contributed by atoms with Gasteiger partial charge in [-0.3, -0.25) is 4.98 Å². The van der Waals surface area contributed by atoms with Crippen LogP contribution >= 0.6 is 0 Å². The number of pyridine rings is 2. The number of rotatable bonds is 6. The fraction of sp³-hybridized carbons (Fsp3) is 0.190. The van der Waals surface area contributed by atoms with Gasteiger partial charge in [-0.15, -0.1) is 0 Å². The predicted octanol–water partition coefficient (Wildman–Crippen LogP) is 3.84. The van der Waals surface area contributed by atoms with Crippen molar-refractivity contribution < 1.29 is 14.0 Å². The van der Waals surface area contributed by atoms with E-state index < -0.39 is 5.82 Å². The average molecular weight is 378 g/mol. The number of hydrogen-bond donors (Lipinski definition) is 1. The maximum atomic E-state index is 14.4. The van der Waals surface area contributed by atoms with Crippen LogP contribution in [0.1, 0.15) is 29.3 Å². The van der Waals surface area contributed by atoms with E-state index in [9.17, 15) is 4.39 Å². The number of nitrogen functional groups attached to an aromatic ring is 1. The van der Waals surface area contributed by atoms with E-state index in [-0.39, 0.29) is 18.5 Å². The molecule has 0 fully saturated rings. The number of nitrogens with zero attached hydrogens (tertiary/aromatic N) is 3. The van der Waals surface area contributed by atoms with Crippen LogP contribution in [-0.4, -0.2) is 15.7 Å². The van der Waals surface area contributed by atoms with Crippen molar-refractivity contribution in [3.63, 3.8) is 0 Å². The molecule has 3 heterocycles. The predicted molar refractivity (Wildman–Crippen MR) is 103 cm³/mol. The first-order chi connectivity index (χ1) is 13.7. The highest BCUT2D eigenvalue weighted by atomic mass is 19.1. The maximum Gasteiger partial charge on any atom is 0.165 e. The smallest absolute Gasteiger partial charge is 0.165 e. The maximum absolute atomic E-state index is 14.4. The molecule has 2 N–H and O–H groups in total. The first-order valence-corrected chi connectivity index (χ1v) is 8.92. The zero-order valence-electron chi connectivity index (χ0n) is 15.1. The number of nitrogens with two attached hydrogens (primary N) is 1. The summed E-state index contributed by atoms with van der Waals surface area (Å²) in [5.41, 5.74) is 9.07. The third kappa shape index (κ3) is 4.09. The standard InChI is InChI=1S/C21H19FN4O2/c22-18-11-14(6-7-19(18)27-13-15-4-1-2-8-24-15)10-16-12-20(28-26-16)17-5-3-9-25-21(17)23/h1-9,11,20H,10,12-13H2,(H2,23,25). The van der Waals surface area contributed by atoms with Crippen molar-refractivity contribution in [3.05, 3.63) is 83.6 Å². The first-order valence-electron chi connectivity index (χ1n) is 8.92. The van der Waals surface area contributed by atoms with Crippen LogP contribution in [0.5, 0.6) is 5.75 Å². The fourth-order valence-corrected chi connectivity index (χ4v) is 3.04. The molecule has 1 aromatic carbocycles. The van der Waals surface area contributed by atoms with Gasteiger partial charge < -0.3 is 15.3 Å². The Balaban J connectivity index is 1.37. The molecule has 0 bridgehead atoms. The molecule has 0 amide bonds. The minimum Gasteiger partial charge on any atom is -0.484 e. The zero-order chi connectivity index (χ0) is 19.3. The zero-order valence-corrected chi connectivity index (χ0v) is 15.1. The van der Waals surface area contributed by atoms with Crippen LogP contribution in [0.3, 0.4) is 0 Å². The SMILES string of the molecule is Nc1ncccc1C1CC(Cc2ccc(OCc3ccccn3)c(F)c2)=NO1. The van der Waals surface area contributed by atoms with E-state index >= 15 is 0 Å². The largest absolute Gasteiger partial charge is 0.484 e. The molecule has 1 unspecified atom stereocenters. The van der Waals surface area contributed by atoms with Gasteiger partial charge in [-0.25, -0.2) is 9.37 Å². The molecule has 28 heavy (non-hydrogen) atoms. The van der Waals surface area contributed by atoms with Crippen LogP contribution in [0.25, 0.3) is 0 Å². The molecule has 0 saturated carbocycles. The monoisotopic (exact) mass is 378 g/mol. The number of ether oxygens (including phenoxy) is 1. The Morgan fingerprint density at radius 3 is 2.79 bits per heavy atom. The van der Waals surface area contributed by atoms with Crippen LogP contribution < -0.4 is 10.5 Å². The number of halogens is 1. The molecule has 142 valence electrons. The molecule has 3 aromatic rings. The van der Waals surface area contributed by atoms with Gasteiger partial charge in [-0.1, -0.05) is 17.3 Å². The lowest BCUT2D eigenvalue weighted by Crippen LogP contribution is -2.06. The number of oxime groups is 1. The van der Waals surface area contributed by atoms with Gasteiger partial charge in [0.25, 0.3) is 0 Å². The summed E-state index contributed by atoms with van der Waals surface area (Å²) in [5.74, 6) is 0.213. The minimum atomic E-state index is -0.416. The van der Waals surface area contributed by atoms with Gasteiger partial charge in [-0.2, -0.15) is 0 Å². The van der Waals surface area contributed by atoms with E-state index in [2.05, 4.69) is 15.1 Å². The molecule has 6 nitrogen and oxygen atoms in total. The Labute approximate surface area is 161 Å². The molecule has 1 aliphatic heterocycles. The van der Waals surface area contributed by atoms with Gasteiger partial charge in [0.15, 0.2) is 17.7 Å². The summed E-state index contributed by atoms with van der Waals surface area (Å²) in [6.45, 7) is 0.214. The molecule has 0 radical (unpaired) electrons. The molecule has 4 rings (SSSR count). The van der Waals surface area contributed by atoms with E-state index in [1.165, 1.54) is 6.07 Å². The molecule has 0 spiro atoms. The molecule has 1 atom stereocenters. The Morgan fingerprint density at radius 1 is 1.11 bits per heavy atom. The van der Waals surface area contributed by atoms with Crippen LogP contribution in [0, 0.1) is 5.82 Å². The highest BCUT2D eigenvalue weighted by Gasteiger charge is 2.25. The van der Waals surface area contributed by atoms with E-state index in [1.807, 2.05) is 36.4 Å². The molecular weight excluding hydrogens is 359 g/mol. The summed E-state index contributed by atoms with van der Waals surface area (Å²) < 4.78 is 19.9. The van der Waals surface area contributed by atoms with Gasteiger partial charge in [0.05, 0.1) is 11.4 Å². The molecule has 0 aliphatic carbocycles. The van der Waals surface area contributed by atoms with Crippen molar-refractivity contribution in [1.29, 1.82) is 0 Å². The molecular formula is C21H19FN4O2. The summed E-state index contributed by atoms with van der Waals surface area (Å²) in [4.78, 5) is 13.7. The second-order valence-electron chi connectivity index (χ2n) is 6.48. The Hall–Kier alpha value is -3.48. The Morgan fingerprint density at radius 2 is 2.00 bits per heavy atom. The highest BCUT2D eigenvalue weighted by molar-refractivity contribution is 5.87. The first kappa shape index (κ1) is 17.9. The number of aromatic nitrogens is 2. The van der Waals surface area contributed by atoms with Crippen molar-refractivity contribution in [2.75, 3.05) is 5.73 Å². The van der Waals surface area contributed by atoms with E-state index in [0.717, 1.165) is 22.5 Å². The minimum absolute atomic E-state index is 0.194. The second-order valence-corrected chi connectivity index (χ2v) is 6.48. The van der Waals surface area contributed by atoms with Crippen molar-refractivity contribution in [1.82, 2.24) is 9.97 Å². The van der Waals surface area contributed by atoms with E-state index in [1.54, 1.807) is 18.5 Å². The summed E-state index contributed by atoms with van der Waals surface area (Å²) in [5, 5.41) is 4.13. The lowest BCUT2D eigenvalue weighted by atomic mass is 10.0. The highest BCUT2D eigenvalue weighted by Crippen LogP contribution is 2.31. The number of hydrogen-bond acceptors (Lipinski definition) is 6. The summed E-state index contributed by atoms with van der Waals surface area (Å²) in [6, 6.07) is 14.1. The summed E-state index contributed by atoms with van der Waals surface area (Å²) in [7, 11) is 0.